The molecule has 0 spiro atoms. The van der Waals surface area contributed by atoms with Crippen molar-refractivity contribution < 1.29 is 9.53 Å². The van der Waals surface area contributed by atoms with Crippen LogP contribution in [0.1, 0.15) is 89.5 Å². The molecular weight excluding hydrogens is 334 g/mol. The molecule has 0 aliphatic heterocycles. The van der Waals surface area contributed by atoms with Gasteiger partial charge >= 0.3 is 6.09 Å². The molecule has 2 rings (SSSR count). The van der Waals surface area contributed by atoms with Gasteiger partial charge in [-0.25, -0.2) is 4.79 Å². The molecule has 1 unspecified atom stereocenters. The van der Waals surface area contributed by atoms with Crippen LogP contribution in [0.3, 0.4) is 0 Å². The number of amides is 1. The third-order valence-corrected chi connectivity index (χ3v) is 4.67. The van der Waals surface area contributed by atoms with Gasteiger partial charge in [0.25, 0.3) is 0 Å². The van der Waals surface area contributed by atoms with Gasteiger partial charge in [0.1, 0.15) is 5.75 Å². The molecule has 0 fully saturated rings. The highest BCUT2D eigenvalue weighted by atomic mass is 16.6. The Morgan fingerprint density at radius 2 is 1.52 bits per heavy atom. The van der Waals surface area contributed by atoms with E-state index in [1.165, 1.54) is 0 Å². The standard InChI is InChI=1S/C22H29NO2.C2H6/c1-6-16(4)20-14-10-13-19(15(2)3)21(20)25-22(24)23-17(5)18-11-8-7-9-12-18;1-2/h7-17H,6H2,1-5H3,(H,23,24);1-2H3/t16?,17-;/m1./s1. The van der Waals surface area contributed by atoms with Crippen molar-refractivity contribution >= 4 is 6.09 Å². The summed E-state index contributed by atoms with van der Waals surface area (Å²) in [4.78, 5) is 12.5. The van der Waals surface area contributed by atoms with Gasteiger partial charge in [0, 0.05) is 0 Å². The number of nitrogens with one attached hydrogen (secondary N) is 1. The van der Waals surface area contributed by atoms with Gasteiger partial charge < -0.3 is 10.1 Å². The molecule has 0 aliphatic rings. The first-order valence-corrected chi connectivity index (χ1v) is 10.1. The normalized spacial score (nSPS) is 12.6. The average molecular weight is 370 g/mol. The van der Waals surface area contributed by atoms with Crippen molar-refractivity contribution in [2.45, 2.75) is 72.8 Å². The molecule has 0 saturated carbocycles. The summed E-state index contributed by atoms with van der Waals surface area (Å²) < 4.78 is 5.80. The Bertz CT molecular complexity index is 695. The maximum absolute atomic E-state index is 12.5. The molecule has 0 aromatic heterocycles. The topological polar surface area (TPSA) is 38.3 Å². The molecule has 1 N–H and O–H groups in total. The number of hydrogen-bond acceptors (Lipinski definition) is 2. The maximum atomic E-state index is 12.5. The van der Waals surface area contributed by atoms with E-state index in [0.717, 1.165) is 23.1 Å². The highest BCUT2D eigenvalue weighted by Crippen LogP contribution is 2.35. The van der Waals surface area contributed by atoms with E-state index in [0.29, 0.717) is 17.6 Å². The minimum atomic E-state index is -0.408. The lowest BCUT2D eigenvalue weighted by molar-refractivity contribution is 0.195. The van der Waals surface area contributed by atoms with Crippen LogP contribution in [0.5, 0.6) is 5.75 Å². The molecule has 27 heavy (non-hydrogen) atoms. The van der Waals surface area contributed by atoms with Crippen molar-refractivity contribution in [3.63, 3.8) is 0 Å². The Hall–Kier alpha value is -2.29. The number of ether oxygens (including phenoxy) is 1. The number of para-hydroxylation sites is 1. The van der Waals surface area contributed by atoms with Crippen molar-refractivity contribution in [1.29, 1.82) is 0 Å². The van der Waals surface area contributed by atoms with E-state index < -0.39 is 6.09 Å². The molecule has 1 amide bonds. The summed E-state index contributed by atoms with van der Waals surface area (Å²) in [6, 6.07) is 15.9. The fourth-order valence-electron chi connectivity index (χ4n) is 2.88. The average Bonchev–Trinajstić information content (AvgIpc) is 2.69. The Morgan fingerprint density at radius 3 is 2.07 bits per heavy atom. The van der Waals surface area contributed by atoms with Crippen LogP contribution in [0.4, 0.5) is 4.79 Å². The number of rotatable bonds is 6. The van der Waals surface area contributed by atoms with Gasteiger partial charge in [-0.3, -0.25) is 0 Å². The van der Waals surface area contributed by atoms with Crippen LogP contribution in [-0.4, -0.2) is 6.09 Å². The Kier molecular flexibility index (Phi) is 9.63. The summed E-state index contributed by atoms with van der Waals surface area (Å²) >= 11 is 0. The van der Waals surface area contributed by atoms with E-state index in [1.807, 2.05) is 63.2 Å². The lowest BCUT2D eigenvalue weighted by atomic mass is 9.92. The predicted octanol–water partition coefficient (Wildman–Crippen LogP) is 7.20. The van der Waals surface area contributed by atoms with Gasteiger partial charge in [0.15, 0.2) is 0 Å². The number of carbonyl (C=O) groups excluding carboxylic acids is 1. The Balaban J connectivity index is 0.00000176. The first kappa shape index (κ1) is 22.8. The molecule has 2 aromatic carbocycles. The molecule has 0 bridgehead atoms. The fraction of sp³-hybridized carbons (Fsp3) is 0.458. The zero-order valence-electron chi connectivity index (χ0n) is 17.9. The number of hydrogen-bond donors (Lipinski definition) is 1. The summed E-state index contributed by atoms with van der Waals surface area (Å²) in [7, 11) is 0. The molecule has 0 saturated heterocycles. The first-order valence-electron chi connectivity index (χ1n) is 10.1. The smallest absolute Gasteiger partial charge is 0.410 e. The first-order chi connectivity index (χ1) is 12.9. The van der Waals surface area contributed by atoms with Crippen molar-refractivity contribution in [2.75, 3.05) is 0 Å². The van der Waals surface area contributed by atoms with Crippen LogP contribution >= 0.6 is 0 Å². The summed E-state index contributed by atoms with van der Waals surface area (Å²) in [5.41, 5.74) is 3.22. The maximum Gasteiger partial charge on any atom is 0.413 e. The van der Waals surface area contributed by atoms with Gasteiger partial charge in [-0.05, 0) is 41.9 Å². The van der Waals surface area contributed by atoms with Gasteiger partial charge in [0.2, 0.25) is 0 Å². The van der Waals surface area contributed by atoms with E-state index in [9.17, 15) is 4.79 Å². The Morgan fingerprint density at radius 1 is 0.926 bits per heavy atom. The number of carbonyl (C=O) groups is 1. The molecule has 0 aliphatic carbocycles. The van der Waals surface area contributed by atoms with Crippen molar-refractivity contribution in [1.82, 2.24) is 5.32 Å². The molecule has 2 aromatic rings. The molecule has 2 atom stereocenters. The second kappa shape index (κ2) is 11.4. The van der Waals surface area contributed by atoms with E-state index in [2.05, 4.69) is 39.1 Å². The molecule has 0 heterocycles. The van der Waals surface area contributed by atoms with Crippen molar-refractivity contribution in [3.8, 4) is 5.75 Å². The van der Waals surface area contributed by atoms with E-state index in [1.54, 1.807) is 0 Å². The monoisotopic (exact) mass is 369 g/mol. The van der Waals surface area contributed by atoms with Crippen molar-refractivity contribution in [3.05, 3.63) is 65.2 Å². The fourth-order valence-corrected chi connectivity index (χ4v) is 2.88. The van der Waals surface area contributed by atoms with Gasteiger partial charge in [0.05, 0.1) is 6.04 Å². The second-order valence-electron chi connectivity index (χ2n) is 6.90. The van der Waals surface area contributed by atoms with Gasteiger partial charge in [-0.1, -0.05) is 90.1 Å². The summed E-state index contributed by atoms with van der Waals surface area (Å²) in [6.07, 6.45) is 0.592. The lowest BCUT2D eigenvalue weighted by Gasteiger charge is -2.21. The predicted molar refractivity (Wildman–Crippen MR) is 115 cm³/mol. The highest BCUT2D eigenvalue weighted by Gasteiger charge is 2.20. The van der Waals surface area contributed by atoms with Crippen molar-refractivity contribution in [2.24, 2.45) is 0 Å². The van der Waals surface area contributed by atoms with Gasteiger partial charge in [-0.15, -0.1) is 0 Å². The summed E-state index contributed by atoms with van der Waals surface area (Å²) in [6.45, 7) is 14.5. The molecule has 0 radical (unpaired) electrons. The van der Waals surface area contributed by atoms with E-state index in [-0.39, 0.29) is 6.04 Å². The highest BCUT2D eigenvalue weighted by molar-refractivity contribution is 5.72. The zero-order valence-corrected chi connectivity index (χ0v) is 17.9. The van der Waals surface area contributed by atoms with Crippen LogP contribution < -0.4 is 10.1 Å². The van der Waals surface area contributed by atoms with Crippen LogP contribution in [0, 0.1) is 0 Å². The number of benzene rings is 2. The lowest BCUT2D eigenvalue weighted by Crippen LogP contribution is -2.30. The third-order valence-electron chi connectivity index (χ3n) is 4.67. The molecule has 148 valence electrons. The van der Waals surface area contributed by atoms with Crippen LogP contribution in [0.15, 0.2) is 48.5 Å². The van der Waals surface area contributed by atoms with Crippen LogP contribution in [-0.2, 0) is 0 Å². The minimum Gasteiger partial charge on any atom is -0.410 e. The quantitative estimate of drug-likeness (QED) is 0.584. The van der Waals surface area contributed by atoms with E-state index in [4.69, 9.17) is 4.74 Å². The van der Waals surface area contributed by atoms with E-state index >= 15 is 0 Å². The zero-order chi connectivity index (χ0) is 20.4. The van der Waals surface area contributed by atoms with Crippen LogP contribution in [0.25, 0.3) is 0 Å². The van der Waals surface area contributed by atoms with Crippen LogP contribution in [0.2, 0.25) is 0 Å². The summed E-state index contributed by atoms with van der Waals surface area (Å²) in [5.74, 6) is 1.34. The SMILES string of the molecule is CC.CCC(C)c1cccc(C(C)C)c1OC(=O)N[C@H](C)c1ccccc1. The molecule has 3 heteroatoms. The largest absolute Gasteiger partial charge is 0.413 e. The Labute approximate surface area is 165 Å². The van der Waals surface area contributed by atoms with Gasteiger partial charge in [-0.2, -0.15) is 0 Å². The minimum absolute atomic E-state index is 0.105. The molecular formula is C24H35NO2. The summed E-state index contributed by atoms with van der Waals surface area (Å²) in [5, 5.41) is 2.93. The molecule has 3 nitrogen and oxygen atoms in total. The third kappa shape index (κ3) is 6.42. The second-order valence-corrected chi connectivity index (χ2v) is 6.90.